The van der Waals surface area contributed by atoms with Crippen molar-refractivity contribution in [3.63, 3.8) is 0 Å². The molecule has 270 valence electrons. The van der Waals surface area contributed by atoms with Gasteiger partial charge in [-0.25, -0.2) is 0 Å². The highest BCUT2D eigenvalue weighted by Gasteiger charge is 2.40. The number of benzene rings is 4. The summed E-state index contributed by atoms with van der Waals surface area (Å²) in [5.74, 6) is 7.04. The Balaban J connectivity index is 0.821. The number of carbonyl (C=O) groups excluding carboxylic acids is 3. The lowest BCUT2D eigenvalue weighted by atomic mass is 9.76. The molecule has 2 fully saturated rings. The van der Waals surface area contributed by atoms with Crippen molar-refractivity contribution in [2.75, 3.05) is 44.2 Å². The number of amides is 3. The highest BCUT2D eigenvalue weighted by Crippen LogP contribution is 2.47. The van der Waals surface area contributed by atoms with Gasteiger partial charge in [-0.05, 0) is 72.8 Å². The van der Waals surface area contributed by atoms with E-state index >= 15 is 0 Å². The van der Waals surface area contributed by atoms with E-state index in [1.54, 1.807) is 23.1 Å². The van der Waals surface area contributed by atoms with Crippen LogP contribution in [-0.4, -0.2) is 78.0 Å². The topological polar surface area (TPSA) is 102 Å². The molecule has 2 saturated heterocycles. The molecule has 0 spiro atoms. The van der Waals surface area contributed by atoms with Gasteiger partial charge in [0.15, 0.2) is 0 Å². The first kappa shape index (κ1) is 34.5. The Morgan fingerprint density at radius 1 is 0.849 bits per heavy atom. The van der Waals surface area contributed by atoms with Crippen LogP contribution in [0.4, 0.5) is 5.69 Å². The van der Waals surface area contributed by atoms with Crippen molar-refractivity contribution in [1.29, 1.82) is 0 Å². The van der Waals surface area contributed by atoms with Crippen LogP contribution in [0, 0.1) is 11.8 Å². The van der Waals surface area contributed by atoms with Crippen molar-refractivity contribution in [3.8, 4) is 23.3 Å². The smallest absolute Gasteiger partial charge is 0.255 e. The van der Waals surface area contributed by atoms with Crippen LogP contribution in [0.1, 0.15) is 82.1 Å². The number of piperazine rings is 1. The number of aromatic hydroxyl groups is 1. The molecule has 0 aliphatic carbocycles. The van der Waals surface area contributed by atoms with Gasteiger partial charge in [-0.3, -0.25) is 24.6 Å². The van der Waals surface area contributed by atoms with E-state index in [4.69, 9.17) is 4.74 Å². The van der Waals surface area contributed by atoms with Crippen molar-refractivity contribution in [1.82, 2.24) is 15.1 Å². The van der Waals surface area contributed by atoms with E-state index in [-0.39, 0.29) is 35.8 Å². The molecule has 2 N–H and O–H groups in total. The largest absolute Gasteiger partial charge is 0.508 e. The van der Waals surface area contributed by atoms with Crippen LogP contribution in [0.25, 0.3) is 0 Å². The van der Waals surface area contributed by atoms with E-state index in [0.717, 1.165) is 74.4 Å². The molecule has 4 aliphatic rings. The normalized spacial score (nSPS) is 21.3. The molecule has 53 heavy (non-hydrogen) atoms. The molecule has 4 heterocycles. The van der Waals surface area contributed by atoms with Gasteiger partial charge in [0.2, 0.25) is 11.8 Å². The Morgan fingerprint density at radius 2 is 1.66 bits per heavy atom. The fourth-order valence-corrected chi connectivity index (χ4v) is 8.33. The fraction of sp³-hybridized carbons (Fsp3) is 0.341. The first-order valence-electron chi connectivity index (χ1n) is 18.8. The maximum atomic E-state index is 13.1. The standard InChI is InChI=1S/C44H44N4O5/c49-34-18-19-36-40(27-34)53-29-38(31-10-5-3-6-11-31)42(36)32-14-16-33(17-15-32)47-25-23-46(24-26-47)22-7-2-1-4-9-30-12-8-13-35-37(30)28-48(44(35)52)39-20-21-41(50)45-43(39)51/h3,5-6,8,10-19,27,38-39,42,49H,1-2,7,20-26,28-29H2,(H,45,50,51)/t38?,39?,42-/m1/s1. The Bertz CT molecular complexity index is 2060. The third-order valence-corrected chi connectivity index (χ3v) is 11.2. The van der Waals surface area contributed by atoms with E-state index in [9.17, 15) is 19.5 Å². The van der Waals surface area contributed by atoms with E-state index in [1.165, 1.54) is 16.8 Å². The SMILES string of the molecule is O=C1CCC(N2Cc3c(C#CCCCCN4CCN(c5ccc([C@@H]6c7ccc(O)cc7OCC6c6ccccc6)cc5)CC4)cccc3C2=O)C(=O)N1. The lowest BCUT2D eigenvalue weighted by molar-refractivity contribution is -0.136. The zero-order chi connectivity index (χ0) is 36.3. The monoisotopic (exact) mass is 708 g/mol. The summed E-state index contributed by atoms with van der Waals surface area (Å²) in [7, 11) is 0. The first-order chi connectivity index (χ1) is 25.9. The number of phenols is 1. The third kappa shape index (κ3) is 7.24. The molecule has 4 aliphatic heterocycles. The van der Waals surface area contributed by atoms with Gasteiger partial charge in [0.25, 0.3) is 5.91 Å². The summed E-state index contributed by atoms with van der Waals surface area (Å²) >= 11 is 0. The number of unbranched alkanes of at least 4 members (excludes halogenated alkanes) is 2. The number of piperidine rings is 1. The van der Waals surface area contributed by atoms with Crippen LogP contribution in [0.15, 0.2) is 91.0 Å². The summed E-state index contributed by atoms with van der Waals surface area (Å²) in [5.41, 5.74) is 7.15. The Labute approximate surface area is 310 Å². The molecular weight excluding hydrogens is 665 g/mol. The van der Waals surface area contributed by atoms with Crippen molar-refractivity contribution in [2.45, 2.75) is 56.5 Å². The van der Waals surface area contributed by atoms with Gasteiger partial charge in [0, 0.05) is 85.8 Å². The zero-order valence-electron chi connectivity index (χ0n) is 29.8. The molecule has 9 heteroatoms. The number of hydrogen-bond donors (Lipinski definition) is 2. The van der Waals surface area contributed by atoms with Crippen molar-refractivity contribution in [3.05, 3.63) is 124 Å². The highest BCUT2D eigenvalue weighted by atomic mass is 16.5. The molecule has 0 saturated carbocycles. The minimum Gasteiger partial charge on any atom is -0.508 e. The van der Waals surface area contributed by atoms with Crippen LogP contribution in [0.5, 0.6) is 11.5 Å². The fourth-order valence-electron chi connectivity index (χ4n) is 8.33. The van der Waals surface area contributed by atoms with Crippen LogP contribution in [-0.2, 0) is 16.1 Å². The first-order valence-corrected chi connectivity index (χ1v) is 18.8. The van der Waals surface area contributed by atoms with E-state index < -0.39 is 11.9 Å². The maximum absolute atomic E-state index is 13.1. The average molecular weight is 709 g/mol. The minimum absolute atomic E-state index is 0.130. The average Bonchev–Trinajstić information content (AvgIpc) is 3.52. The number of ether oxygens (including phenoxy) is 1. The Kier molecular flexibility index (Phi) is 9.88. The van der Waals surface area contributed by atoms with Crippen LogP contribution in [0.2, 0.25) is 0 Å². The molecular formula is C44H44N4O5. The number of phenolic OH excluding ortho intramolecular Hbond substituents is 1. The zero-order valence-corrected chi connectivity index (χ0v) is 29.8. The second kappa shape index (κ2) is 15.2. The molecule has 8 rings (SSSR count). The quantitative estimate of drug-likeness (QED) is 0.136. The number of carbonyl (C=O) groups is 3. The number of nitrogens with one attached hydrogen (secondary N) is 1. The molecule has 3 atom stereocenters. The third-order valence-electron chi connectivity index (χ3n) is 11.2. The number of anilines is 1. The molecule has 3 amide bonds. The van der Waals surface area contributed by atoms with Crippen molar-refractivity contribution < 1.29 is 24.2 Å². The van der Waals surface area contributed by atoms with Gasteiger partial charge in [-0.2, -0.15) is 0 Å². The Hall–Kier alpha value is -5.59. The Morgan fingerprint density at radius 3 is 2.45 bits per heavy atom. The van der Waals surface area contributed by atoms with E-state index in [0.29, 0.717) is 25.1 Å². The summed E-state index contributed by atoms with van der Waals surface area (Å²) < 4.78 is 6.15. The summed E-state index contributed by atoms with van der Waals surface area (Å²) in [6.45, 7) is 5.96. The molecule has 0 aromatic heterocycles. The van der Waals surface area contributed by atoms with Gasteiger partial charge < -0.3 is 19.6 Å². The lowest BCUT2D eigenvalue weighted by Gasteiger charge is -2.37. The van der Waals surface area contributed by atoms with E-state index in [2.05, 4.69) is 75.5 Å². The van der Waals surface area contributed by atoms with Crippen molar-refractivity contribution in [2.24, 2.45) is 0 Å². The van der Waals surface area contributed by atoms with Crippen molar-refractivity contribution >= 4 is 23.4 Å². The van der Waals surface area contributed by atoms with Crippen LogP contribution >= 0.6 is 0 Å². The summed E-state index contributed by atoms with van der Waals surface area (Å²) in [5, 5.41) is 12.5. The molecule has 2 unspecified atom stereocenters. The summed E-state index contributed by atoms with van der Waals surface area (Å²) in [6.07, 6.45) is 3.45. The van der Waals surface area contributed by atoms with Gasteiger partial charge >= 0.3 is 0 Å². The number of nitrogens with zero attached hydrogens (tertiary/aromatic N) is 3. The number of imide groups is 1. The predicted octanol–water partition coefficient (Wildman–Crippen LogP) is 5.81. The van der Waals surface area contributed by atoms with E-state index in [1.807, 2.05) is 24.3 Å². The van der Waals surface area contributed by atoms with Crippen LogP contribution < -0.4 is 15.0 Å². The lowest BCUT2D eigenvalue weighted by Crippen LogP contribution is -2.52. The number of hydrogen-bond acceptors (Lipinski definition) is 7. The predicted molar refractivity (Wildman–Crippen MR) is 203 cm³/mol. The van der Waals surface area contributed by atoms with Gasteiger partial charge in [-0.15, -0.1) is 0 Å². The molecule has 9 nitrogen and oxygen atoms in total. The second-order valence-corrected chi connectivity index (χ2v) is 14.4. The van der Waals surface area contributed by atoms with Gasteiger partial charge in [-0.1, -0.05) is 66.4 Å². The van der Waals surface area contributed by atoms with Gasteiger partial charge in [0.05, 0.1) is 6.61 Å². The molecule has 4 aromatic rings. The van der Waals surface area contributed by atoms with Gasteiger partial charge in [0.1, 0.15) is 17.5 Å². The number of rotatable bonds is 8. The summed E-state index contributed by atoms with van der Waals surface area (Å²) in [4.78, 5) is 43.7. The highest BCUT2D eigenvalue weighted by molar-refractivity contribution is 6.05. The molecule has 4 aromatic carbocycles. The minimum atomic E-state index is -0.623. The second-order valence-electron chi connectivity index (χ2n) is 14.4. The molecule has 0 radical (unpaired) electrons. The maximum Gasteiger partial charge on any atom is 0.255 e. The molecule has 0 bridgehead atoms. The van der Waals surface area contributed by atoms with Crippen LogP contribution in [0.3, 0.4) is 0 Å². The number of fused-ring (bicyclic) bond motifs is 2. The summed E-state index contributed by atoms with van der Waals surface area (Å²) in [6, 6.07) is 30.1.